The van der Waals surface area contributed by atoms with Crippen LogP contribution in [0.1, 0.15) is 34.0 Å². The fourth-order valence-corrected chi connectivity index (χ4v) is 3.76. The molecule has 0 heterocycles. The van der Waals surface area contributed by atoms with Crippen LogP contribution < -0.4 is 4.72 Å². The molecule has 0 radical (unpaired) electrons. The van der Waals surface area contributed by atoms with Crippen molar-refractivity contribution in [3.8, 4) is 0 Å². The van der Waals surface area contributed by atoms with Crippen molar-refractivity contribution in [3.63, 3.8) is 0 Å². The molecule has 1 atom stereocenters. The standard InChI is InChI=1S/C21H20FNO2S/c1-4-14-10-15-5-6-16(22)12-19(15)20(11-14)21(24)18-8-7-17(9-13(18)2)26(25)23-3/h5-12,23H,4H2,1-3H3. The van der Waals surface area contributed by atoms with Gasteiger partial charge in [-0.05, 0) is 78.7 Å². The Morgan fingerprint density at radius 3 is 2.50 bits per heavy atom. The predicted octanol–water partition coefficient (Wildman–Crippen LogP) is 4.32. The molecule has 1 N–H and O–H groups in total. The summed E-state index contributed by atoms with van der Waals surface area (Å²) < 4.78 is 28.3. The highest BCUT2D eigenvalue weighted by Gasteiger charge is 2.17. The van der Waals surface area contributed by atoms with E-state index in [2.05, 4.69) is 4.72 Å². The number of carbonyl (C=O) groups is 1. The Balaban J connectivity index is 2.16. The predicted molar refractivity (Wildman–Crippen MR) is 103 cm³/mol. The number of halogens is 1. The summed E-state index contributed by atoms with van der Waals surface area (Å²) in [5.74, 6) is -0.525. The van der Waals surface area contributed by atoms with E-state index < -0.39 is 11.0 Å². The second-order valence-electron chi connectivity index (χ2n) is 6.14. The molecule has 3 aromatic rings. The zero-order valence-electron chi connectivity index (χ0n) is 14.9. The van der Waals surface area contributed by atoms with E-state index in [0.29, 0.717) is 21.4 Å². The van der Waals surface area contributed by atoms with Crippen LogP contribution in [0, 0.1) is 12.7 Å². The van der Waals surface area contributed by atoms with E-state index in [1.807, 2.05) is 26.0 Å². The molecular weight excluding hydrogens is 349 g/mol. The molecule has 134 valence electrons. The fraction of sp³-hybridized carbons (Fsp3) is 0.190. The maximum atomic E-state index is 13.8. The number of nitrogens with one attached hydrogen (secondary N) is 1. The first kappa shape index (κ1) is 18.4. The summed E-state index contributed by atoms with van der Waals surface area (Å²) in [6.45, 7) is 3.84. The third-order valence-electron chi connectivity index (χ3n) is 4.47. The third kappa shape index (κ3) is 3.45. The summed E-state index contributed by atoms with van der Waals surface area (Å²) in [5, 5.41) is 1.45. The Morgan fingerprint density at radius 2 is 1.85 bits per heavy atom. The lowest BCUT2D eigenvalue weighted by molar-refractivity contribution is 0.103. The van der Waals surface area contributed by atoms with E-state index >= 15 is 0 Å². The van der Waals surface area contributed by atoms with Crippen LogP contribution in [-0.2, 0) is 17.4 Å². The molecule has 1 unspecified atom stereocenters. The van der Waals surface area contributed by atoms with E-state index in [1.165, 1.54) is 12.1 Å². The number of benzene rings is 3. The molecule has 3 rings (SSSR count). The summed E-state index contributed by atoms with van der Waals surface area (Å²) in [7, 11) is 0.305. The normalized spacial score (nSPS) is 12.3. The summed E-state index contributed by atoms with van der Waals surface area (Å²) in [4.78, 5) is 13.8. The first-order valence-electron chi connectivity index (χ1n) is 8.41. The molecule has 0 aliphatic carbocycles. The zero-order valence-corrected chi connectivity index (χ0v) is 15.7. The van der Waals surface area contributed by atoms with Gasteiger partial charge in [0.2, 0.25) is 0 Å². The summed E-state index contributed by atoms with van der Waals surface area (Å²) in [6, 6.07) is 13.4. The lowest BCUT2D eigenvalue weighted by Crippen LogP contribution is -2.12. The Kier molecular flexibility index (Phi) is 5.30. The highest BCUT2D eigenvalue weighted by atomic mass is 32.2. The van der Waals surface area contributed by atoms with Crippen molar-refractivity contribution < 1.29 is 13.4 Å². The lowest BCUT2D eigenvalue weighted by atomic mass is 9.92. The summed E-state index contributed by atoms with van der Waals surface area (Å²) >= 11 is 0. The van der Waals surface area contributed by atoms with Crippen LogP contribution in [0.5, 0.6) is 0 Å². The third-order valence-corrected chi connectivity index (χ3v) is 5.52. The molecule has 26 heavy (non-hydrogen) atoms. The van der Waals surface area contributed by atoms with Crippen LogP contribution in [-0.4, -0.2) is 17.0 Å². The van der Waals surface area contributed by atoms with Crippen molar-refractivity contribution in [3.05, 3.63) is 76.6 Å². The molecule has 0 amide bonds. The molecule has 0 aliphatic rings. The largest absolute Gasteiger partial charge is 0.289 e. The summed E-state index contributed by atoms with van der Waals surface area (Å²) in [5.41, 5.74) is 2.78. The molecule has 0 aromatic heterocycles. The molecule has 5 heteroatoms. The van der Waals surface area contributed by atoms with Gasteiger partial charge in [-0.15, -0.1) is 0 Å². The van der Waals surface area contributed by atoms with Crippen LogP contribution in [0.25, 0.3) is 10.8 Å². The van der Waals surface area contributed by atoms with Crippen molar-refractivity contribution in [1.82, 2.24) is 4.72 Å². The molecular formula is C21H20FNO2S. The van der Waals surface area contributed by atoms with Crippen LogP contribution in [0.2, 0.25) is 0 Å². The second-order valence-corrected chi connectivity index (χ2v) is 7.56. The monoisotopic (exact) mass is 369 g/mol. The Hall–Kier alpha value is -2.37. The maximum Gasteiger partial charge on any atom is 0.193 e. The Morgan fingerprint density at radius 1 is 1.08 bits per heavy atom. The minimum Gasteiger partial charge on any atom is -0.289 e. The number of aryl methyl sites for hydroxylation is 2. The number of hydrogen-bond acceptors (Lipinski definition) is 2. The minimum atomic E-state index is -1.31. The van der Waals surface area contributed by atoms with Crippen molar-refractivity contribution in [2.75, 3.05) is 7.05 Å². The van der Waals surface area contributed by atoms with Crippen molar-refractivity contribution in [1.29, 1.82) is 0 Å². The maximum absolute atomic E-state index is 13.8. The van der Waals surface area contributed by atoms with Gasteiger partial charge in [-0.3, -0.25) is 4.79 Å². The first-order chi connectivity index (χ1) is 12.4. The highest BCUT2D eigenvalue weighted by molar-refractivity contribution is 7.83. The molecule has 3 aromatic carbocycles. The van der Waals surface area contributed by atoms with E-state index in [1.54, 1.807) is 31.3 Å². The first-order valence-corrected chi connectivity index (χ1v) is 9.56. The quantitative estimate of drug-likeness (QED) is 0.681. The van der Waals surface area contributed by atoms with Crippen LogP contribution in [0.3, 0.4) is 0 Å². The van der Waals surface area contributed by atoms with Gasteiger partial charge in [-0.1, -0.05) is 19.1 Å². The van der Waals surface area contributed by atoms with Gasteiger partial charge in [0.15, 0.2) is 5.78 Å². The molecule has 0 saturated carbocycles. The Labute approximate surface area is 154 Å². The minimum absolute atomic E-state index is 0.157. The number of rotatable bonds is 5. The van der Waals surface area contributed by atoms with Gasteiger partial charge in [-0.2, -0.15) is 0 Å². The molecule has 0 bridgehead atoms. The van der Waals surface area contributed by atoms with Gasteiger partial charge in [0, 0.05) is 11.1 Å². The summed E-state index contributed by atoms with van der Waals surface area (Å²) in [6.07, 6.45) is 0.784. The van der Waals surface area contributed by atoms with Crippen LogP contribution in [0.15, 0.2) is 53.4 Å². The van der Waals surface area contributed by atoms with Gasteiger partial charge in [0.25, 0.3) is 0 Å². The highest BCUT2D eigenvalue weighted by Crippen LogP contribution is 2.26. The van der Waals surface area contributed by atoms with Gasteiger partial charge >= 0.3 is 0 Å². The molecule has 0 fully saturated rings. The van der Waals surface area contributed by atoms with Gasteiger partial charge in [0.05, 0.1) is 4.90 Å². The van der Waals surface area contributed by atoms with Gasteiger partial charge < -0.3 is 0 Å². The number of fused-ring (bicyclic) bond motifs is 1. The van der Waals surface area contributed by atoms with Crippen LogP contribution >= 0.6 is 0 Å². The van der Waals surface area contributed by atoms with E-state index in [-0.39, 0.29) is 11.6 Å². The average Bonchev–Trinajstić information content (AvgIpc) is 2.65. The lowest BCUT2D eigenvalue weighted by Gasteiger charge is -2.12. The Bertz CT molecular complexity index is 1030. The fourth-order valence-electron chi connectivity index (χ4n) is 3.05. The SMILES string of the molecule is CCc1cc(C(=O)c2ccc(S(=O)NC)cc2C)c2cc(F)ccc2c1. The second kappa shape index (κ2) is 7.48. The molecule has 3 nitrogen and oxygen atoms in total. The van der Waals surface area contributed by atoms with Crippen molar-refractivity contribution in [2.45, 2.75) is 25.2 Å². The average molecular weight is 369 g/mol. The van der Waals surface area contributed by atoms with Crippen molar-refractivity contribution >= 4 is 27.5 Å². The number of hydrogen-bond donors (Lipinski definition) is 1. The molecule has 0 aliphatic heterocycles. The van der Waals surface area contributed by atoms with Crippen molar-refractivity contribution in [2.24, 2.45) is 0 Å². The number of carbonyl (C=O) groups excluding carboxylic acids is 1. The van der Waals surface area contributed by atoms with Crippen LogP contribution in [0.4, 0.5) is 4.39 Å². The van der Waals surface area contributed by atoms with Gasteiger partial charge in [0.1, 0.15) is 16.8 Å². The van der Waals surface area contributed by atoms with E-state index in [4.69, 9.17) is 0 Å². The van der Waals surface area contributed by atoms with Gasteiger partial charge in [-0.25, -0.2) is 13.3 Å². The topological polar surface area (TPSA) is 46.2 Å². The zero-order chi connectivity index (χ0) is 18.8. The molecule has 0 spiro atoms. The number of ketones is 1. The van der Waals surface area contributed by atoms with E-state index in [9.17, 15) is 13.4 Å². The van der Waals surface area contributed by atoms with E-state index in [0.717, 1.165) is 22.9 Å². The molecule has 0 saturated heterocycles. The smallest absolute Gasteiger partial charge is 0.193 e.